The van der Waals surface area contributed by atoms with Gasteiger partial charge in [0, 0.05) is 32.6 Å². The van der Waals surface area contributed by atoms with E-state index in [1.165, 1.54) is 0 Å². The van der Waals surface area contributed by atoms with Crippen molar-refractivity contribution in [2.24, 2.45) is 5.92 Å². The van der Waals surface area contributed by atoms with E-state index in [-0.39, 0.29) is 23.3 Å². The number of rotatable bonds is 2. The van der Waals surface area contributed by atoms with Gasteiger partial charge in [-0.05, 0) is 19.4 Å². The minimum atomic E-state index is -2.86. The molecule has 0 aromatic rings. The van der Waals surface area contributed by atoms with Gasteiger partial charge in [-0.2, -0.15) is 0 Å². The molecule has 0 aliphatic carbocycles. The van der Waals surface area contributed by atoms with E-state index < -0.39 is 9.84 Å². The summed E-state index contributed by atoms with van der Waals surface area (Å²) < 4.78 is 22.6. The number of nitrogens with zero attached hydrogens (tertiary/aromatic N) is 2. The maximum Gasteiger partial charge on any atom is 0.222 e. The summed E-state index contributed by atoms with van der Waals surface area (Å²) in [5.74, 6) is 0.632. The fourth-order valence-electron chi connectivity index (χ4n) is 2.46. The van der Waals surface area contributed by atoms with Crippen LogP contribution in [0.4, 0.5) is 0 Å². The Morgan fingerprint density at radius 2 is 1.88 bits per heavy atom. The van der Waals surface area contributed by atoms with Gasteiger partial charge in [0.2, 0.25) is 5.91 Å². The molecule has 17 heavy (non-hydrogen) atoms. The lowest BCUT2D eigenvalue weighted by molar-refractivity contribution is -0.133. The Kier molecular flexibility index (Phi) is 3.73. The van der Waals surface area contributed by atoms with Gasteiger partial charge in [0.15, 0.2) is 9.84 Å². The van der Waals surface area contributed by atoms with Crippen molar-refractivity contribution in [2.45, 2.75) is 12.8 Å². The predicted molar refractivity (Wildman–Crippen MR) is 65.5 cm³/mol. The third-order valence-electron chi connectivity index (χ3n) is 3.65. The lowest BCUT2D eigenvalue weighted by Crippen LogP contribution is -2.47. The number of sulfone groups is 1. The second-order valence-corrected chi connectivity index (χ2v) is 7.39. The molecule has 0 N–H and O–H groups in total. The van der Waals surface area contributed by atoms with E-state index in [1.807, 2.05) is 11.9 Å². The molecule has 0 aromatic heterocycles. The fraction of sp³-hybridized carbons (Fsp3) is 0.909. The summed E-state index contributed by atoms with van der Waals surface area (Å²) in [6.07, 6.45) is 1.06. The quantitative estimate of drug-likeness (QED) is 0.677. The fourth-order valence-corrected chi connectivity index (χ4v) is 4.33. The highest BCUT2D eigenvalue weighted by atomic mass is 32.2. The maximum atomic E-state index is 12.0. The first-order chi connectivity index (χ1) is 7.96. The van der Waals surface area contributed by atoms with E-state index >= 15 is 0 Å². The van der Waals surface area contributed by atoms with Crippen LogP contribution in [0.25, 0.3) is 0 Å². The second-order valence-electron chi connectivity index (χ2n) is 5.16. The molecule has 2 fully saturated rings. The zero-order valence-corrected chi connectivity index (χ0v) is 11.1. The number of likely N-dealkylation sites (N-methyl/N-ethyl adjacent to an activating group) is 1. The van der Waals surface area contributed by atoms with Crippen LogP contribution in [-0.4, -0.2) is 68.9 Å². The zero-order chi connectivity index (χ0) is 12.5. The lowest BCUT2D eigenvalue weighted by Gasteiger charge is -2.33. The summed E-state index contributed by atoms with van der Waals surface area (Å²) in [6.45, 7) is 3.37. The van der Waals surface area contributed by atoms with Crippen molar-refractivity contribution in [3.8, 4) is 0 Å². The summed E-state index contributed by atoms with van der Waals surface area (Å²) in [5.41, 5.74) is 0. The minimum Gasteiger partial charge on any atom is -0.340 e. The molecular formula is C11H20N2O3S. The molecule has 1 amide bonds. The van der Waals surface area contributed by atoms with Gasteiger partial charge < -0.3 is 9.80 Å². The Hall–Kier alpha value is -0.620. The van der Waals surface area contributed by atoms with Crippen molar-refractivity contribution < 1.29 is 13.2 Å². The van der Waals surface area contributed by atoms with Gasteiger partial charge in [-0.3, -0.25) is 4.79 Å². The average Bonchev–Trinajstić information content (AvgIpc) is 2.59. The molecule has 0 spiro atoms. The van der Waals surface area contributed by atoms with E-state index in [0.717, 1.165) is 26.2 Å². The summed E-state index contributed by atoms with van der Waals surface area (Å²) in [6, 6.07) is 0. The highest BCUT2D eigenvalue weighted by Crippen LogP contribution is 2.22. The Morgan fingerprint density at radius 3 is 2.41 bits per heavy atom. The molecule has 1 unspecified atom stereocenters. The first-order valence-corrected chi connectivity index (χ1v) is 7.95. The first-order valence-electron chi connectivity index (χ1n) is 6.13. The van der Waals surface area contributed by atoms with Crippen LogP contribution >= 0.6 is 0 Å². The number of piperazine rings is 1. The van der Waals surface area contributed by atoms with Crippen LogP contribution in [-0.2, 0) is 14.6 Å². The third-order valence-corrected chi connectivity index (χ3v) is 5.48. The Labute approximate surface area is 103 Å². The standard InChI is InChI=1S/C11H20N2O3S/c1-12-3-5-13(6-4-12)11(14)8-10-2-7-17(15,16)9-10/h10H,2-9H2,1H3. The number of hydrogen-bond donors (Lipinski definition) is 0. The van der Waals surface area contributed by atoms with E-state index in [4.69, 9.17) is 0 Å². The Balaban J connectivity index is 1.82. The molecule has 1 atom stereocenters. The van der Waals surface area contributed by atoms with Gasteiger partial charge in [0.25, 0.3) is 0 Å². The largest absolute Gasteiger partial charge is 0.340 e. The van der Waals surface area contributed by atoms with E-state index in [1.54, 1.807) is 0 Å². The highest BCUT2D eigenvalue weighted by molar-refractivity contribution is 7.91. The average molecular weight is 260 g/mol. The summed E-state index contributed by atoms with van der Waals surface area (Å²) in [7, 11) is -0.813. The number of carbonyl (C=O) groups is 1. The highest BCUT2D eigenvalue weighted by Gasteiger charge is 2.31. The molecule has 5 nitrogen and oxygen atoms in total. The molecule has 2 aliphatic heterocycles. The summed E-state index contributed by atoms with van der Waals surface area (Å²) in [5, 5.41) is 0. The van der Waals surface area contributed by atoms with E-state index in [9.17, 15) is 13.2 Å². The van der Waals surface area contributed by atoms with Crippen LogP contribution in [0.15, 0.2) is 0 Å². The van der Waals surface area contributed by atoms with Crippen molar-refractivity contribution in [3.05, 3.63) is 0 Å². The molecule has 0 bridgehead atoms. The number of carbonyl (C=O) groups excluding carboxylic acids is 1. The third kappa shape index (κ3) is 3.42. The number of hydrogen-bond acceptors (Lipinski definition) is 4. The van der Waals surface area contributed by atoms with Crippen molar-refractivity contribution in [3.63, 3.8) is 0 Å². The smallest absolute Gasteiger partial charge is 0.222 e. The molecular weight excluding hydrogens is 240 g/mol. The van der Waals surface area contributed by atoms with E-state index in [2.05, 4.69) is 4.90 Å². The molecule has 2 rings (SSSR count). The molecule has 0 radical (unpaired) electrons. The molecule has 6 heteroatoms. The van der Waals surface area contributed by atoms with Gasteiger partial charge in [0.1, 0.15) is 0 Å². The molecule has 0 aromatic carbocycles. The maximum absolute atomic E-state index is 12.0. The van der Waals surface area contributed by atoms with Gasteiger partial charge in [0.05, 0.1) is 11.5 Å². The molecule has 0 saturated carbocycles. The van der Waals surface area contributed by atoms with Crippen LogP contribution in [0.3, 0.4) is 0 Å². The van der Waals surface area contributed by atoms with Crippen molar-refractivity contribution in [2.75, 3.05) is 44.7 Å². The van der Waals surface area contributed by atoms with Gasteiger partial charge in [-0.25, -0.2) is 8.42 Å². The normalized spacial score (nSPS) is 29.5. The Bertz CT molecular complexity index is 386. The summed E-state index contributed by atoms with van der Waals surface area (Å²) >= 11 is 0. The van der Waals surface area contributed by atoms with E-state index in [0.29, 0.717) is 12.8 Å². The molecule has 2 saturated heterocycles. The second kappa shape index (κ2) is 4.94. The van der Waals surface area contributed by atoms with Crippen LogP contribution in [0.1, 0.15) is 12.8 Å². The van der Waals surface area contributed by atoms with Crippen LogP contribution < -0.4 is 0 Å². The van der Waals surface area contributed by atoms with Crippen molar-refractivity contribution in [1.82, 2.24) is 9.80 Å². The lowest BCUT2D eigenvalue weighted by atomic mass is 10.0. The SMILES string of the molecule is CN1CCN(C(=O)CC2CCS(=O)(=O)C2)CC1. The monoisotopic (exact) mass is 260 g/mol. The van der Waals surface area contributed by atoms with Gasteiger partial charge in [-0.1, -0.05) is 0 Å². The van der Waals surface area contributed by atoms with Crippen LogP contribution in [0.2, 0.25) is 0 Å². The van der Waals surface area contributed by atoms with Crippen LogP contribution in [0, 0.1) is 5.92 Å². The number of amides is 1. The van der Waals surface area contributed by atoms with Gasteiger partial charge in [-0.15, -0.1) is 0 Å². The van der Waals surface area contributed by atoms with Crippen molar-refractivity contribution in [1.29, 1.82) is 0 Å². The van der Waals surface area contributed by atoms with Crippen molar-refractivity contribution >= 4 is 15.7 Å². The topological polar surface area (TPSA) is 57.7 Å². The zero-order valence-electron chi connectivity index (χ0n) is 10.3. The van der Waals surface area contributed by atoms with Crippen LogP contribution in [0.5, 0.6) is 0 Å². The Morgan fingerprint density at radius 1 is 1.24 bits per heavy atom. The molecule has 98 valence electrons. The predicted octanol–water partition coefficient (Wildman–Crippen LogP) is -0.415. The summed E-state index contributed by atoms with van der Waals surface area (Å²) in [4.78, 5) is 16.0. The van der Waals surface area contributed by atoms with Gasteiger partial charge >= 0.3 is 0 Å². The first kappa shape index (κ1) is 12.8. The molecule has 2 heterocycles. The minimum absolute atomic E-state index is 0.0483. The molecule has 2 aliphatic rings.